The highest BCUT2D eigenvalue weighted by atomic mass is 32.2. The van der Waals surface area contributed by atoms with Gasteiger partial charge in [0.25, 0.3) is 5.78 Å². The van der Waals surface area contributed by atoms with Gasteiger partial charge in [-0.3, -0.25) is 4.79 Å². The summed E-state index contributed by atoms with van der Waals surface area (Å²) in [5.74, 6) is 1.28. The molecule has 9 heteroatoms. The number of rotatable bonds is 9. The van der Waals surface area contributed by atoms with Gasteiger partial charge < -0.3 is 20.1 Å². The van der Waals surface area contributed by atoms with E-state index in [1.807, 2.05) is 36.4 Å². The molecule has 0 bridgehead atoms. The molecule has 8 nitrogen and oxygen atoms in total. The third-order valence-corrected chi connectivity index (χ3v) is 11.3. The number of sulfone groups is 1. The van der Waals surface area contributed by atoms with Gasteiger partial charge in [-0.15, -0.1) is 0 Å². The van der Waals surface area contributed by atoms with Crippen molar-refractivity contribution in [1.29, 1.82) is 0 Å². The van der Waals surface area contributed by atoms with E-state index >= 15 is 0 Å². The SMILES string of the molecule is C.COc1ccc(C(C)(c2ccc(OC)cc2)c2ccc(C(C)(C)c3ccc(CO)cc3)cc2)cc1.CS(=O)(=O)c1cccc2c1CCC(=[N+]=[N-])C2=O.[HH]. The van der Waals surface area contributed by atoms with Gasteiger partial charge >= 0.3 is 5.71 Å². The van der Waals surface area contributed by atoms with Crippen molar-refractivity contribution in [3.05, 3.63) is 165 Å². The third kappa shape index (κ3) is 8.34. The van der Waals surface area contributed by atoms with Crippen LogP contribution in [0.1, 0.15) is 85.3 Å². The monoisotopic (exact) mass is 734 g/mol. The Morgan fingerprint density at radius 3 is 1.57 bits per heavy atom. The van der Waals surface area contributed by atoms with E-state index in [4.69, 9.17) is 15.0 Å². The number of fused-ring (bicyclic) bond motifs is 1. The Bertz CT molecular complexity index is 2160. The molecule has 0 atom stereocenters. The molecular formula is C44H50N2O6S. The maximum Gasteiger partial charge on any atom is 0.339 e. The number of carbonyl (C=O) groups excluding carboxylic acids is 1. The standard InChI is InChI=1S/C32H34O3.C11H10N2O3S.CH4.H2/c1-31(2,24-8-6-23(22-33)7-9-24)25-10-12-26(13-11-25)32(3,27-14-18-29(34-4)19-15-27)28-16-20-30(35-5)21-17-28;1-17(15,16)10-4-2-3-8-7(10)5-6-9(13-12)11(8)14;;/h6-21,33H,22H2,1-5H3;2-4H,5-6H2,1H3;1H4;1H. The van der Waals surface area contributed by atoms with Crippen LogP contribution in [0, 0.1) is 0 Å². The molecule has 1 aliphatic rings. The summed E-state index contributed by atoms with van der Waals surface area (Å²) in [6, 6.07) is 38.4. The van der Waals surface area contributed by atoms with Crippen molar-refractivity contribution in [2.75, 3.05) is 20.5 Å². The second-order valence-corrected chi connectivity index (χ2v) is 15.6. The molecule has 0 aromatic heterocycles. The molecular weight excluding hydrogens is 685 g/mol. The molecule has 278 valence electrons. The van der Waals surface area contributed by atoms with Gasteiger partial charge in [0.1, 0.15) is 11.5 Å². The number of carbonyl (C=O) groups is 1. The molecule has 0 aliphatic heterocycles. The highest BCUT2D eigenvalue weighted by Gasteiger charge is 2.34. The van der Waals surface area contributed by atoms with E-state index in [1.165, 1.54) is 39.9 Å². The first kappa shape index (κ1) is 40.4. The summed E-state index contributed by atoms with van der Waals surface area (Å²) < 4.78 is 33.9. The van der Waals surface area contributed by atoms with Crippen LogP contribution in [0.5, 0.6) is 11.5 Å². The number of benzene rings is 5. The van der Waals surface area contributed by atoms with Gasteiger partial charge in [0.05, 0.1) is 32.1 Å². The Morgan fingerprint density at radius 2 is 1.15 bits per heavy atom. The molecule has 0 amide bonds. The van der Waals surface area contributed by atoms with Gasteiger partial charge in [-0.1, -0.05) is 106 Å². The Morgan fingerprint density at radius 1 is 0.717 bits per heavy atom. The van der Waals surface area contributed by atoms with Crippen LogP contribution in [-0.4, -0.2) is 50.3 Å². The zero-order valence-electron chi connectivity index (χ0n) is 30.4. The fraction of sp³-hybridized carbons (Fsp3) is 0.273. The van der Waals surface area contributed by atoms with Gasteiger partial charge in [-0.25, -0.2) is 8.42 Å². The van der Waals surface area contributed by atoms with Gasteiger partial charge in [0.15, 0.2) is 9.84 Å². The van der Waals surface area contributed by atoms with Gasteiger partial charge in [-0.2, -0.15) is 4.79 Å². The molecule has 1 aliphatic carbocycles. The lowest BCUT2D eigenvalue weighted by Gasteiger charge is -2.33. The first-order valence-corrected chi connectivity index (χ1v) is 18.8. The first-order chi connectivity index (χ1) is 24.8. The Kier molecular flexibility index (Phi) is 12.6. The van der Waals surface area contributed by atoms with Crippen molar-refractivity contribution < 1.29 is 34.0 Å². The van der Waals surface area contributed by atoms with Crippen LogP contribution in [0.3, 0.4) is 0 Å². The van der Waals surface area contributed by atoms with Crippen molar-refractivity contribution in [3.8, 4) is 11.5 Å². The lowest BCUT2D eigenvalue weighted by atomic mass is 9.70. The Labute approximate surface area is 315 Å². The number of ether oxygens (including phenoxy) is 2. The Balaban J connectivity index is 0.000000348. The zero-order chi connectivity index (χ0) is 37.7. The number of aliphatic hydroxyl groups excluding tert-OH is 1. The van der Waals surface area contributed by atoms with Gasteiger partial charge in [0, 0.05) is 24.1 Å². The Hall–Kier alpha value is -5.34. The van der Waals surface area contributed by atoms with Crippen LogP contribution in [0.15, 0.2) is 120 Å². The summed E-state index contributed by atoms with van der Waals surface area (Å²) in [4.78, 5) is 15.0. The van der Waals surface area contributed by atoms with E-state index in [-0.39, 0.29) is 43.3 Å². The van der Waals surface area contributed by atoms with Crippen LogP contribution in [0.4, 0.5) is 0 Å². The van der Waals surface area contributed by atoms with Crippen LogP contribution < -0.4 is 9.47 Å². The quantitative estimate of drug-likeness (QED) is 0.0918. The first-order valence-electron chi connectivity index (χ1n) is 17.0. The van der Waals surface area contributed by atoms with Crippen molar-refractivity contribution in [3.63, 3.8) is 0 Å². The molecule has 5 aromatic carbocycles. The normalized spacial score (nSPS) is 12.7. The average molecular weight is 735 g/mol. The summed E-state index contributed by atoms with van der Waals surface area (Å²) in [5, 5.41) is 9.39. The number of ketones is 1. The molecule has 0 heterocycles. The molecule has 1 N–H and O–H groups in total. The predicted octanol–water partition coefficient (Wildman–Crippen LogP) is 8.65. The van der Waals surface area contributed by atoms with E-state index in [1.54, 1.807) is 20.3 Å². The topological polar surface area (TPSA) is 126 Å². The second kappa shape index (κ2) is 16.6. The highest BCUT2D eigenvalue weighted by Crippen LogP contribution is 2.41. The molecule has 0 radical (unpaired) electrons. The summed E-state index contributed by atoms with van der Waals surface area (Å²) in [6.07, 6.45) is 1.77. The van der Waals surface area contributed by atoms with Crippen LogP contribution in [0.25, 0.3) is 5.53 Å². The molecule has 0 saturated carbocycles. The number of aliphatic hydroxyl groups is 1. The smallest absolute Gasteiger partial charge is 0.339 e. The number of methoxy groups -OCH3 is 2. The minimum atomic E-state index is -3.35. The summed E-state index contributed by atoms with van der Waals surface area (Å²) in [7, 11) is 0.0335. The molecule has 5 aromatic rings. The highest BCUT2D eigenvalue weighted by molar-refractivity contribution is 7.90. The summed E-state index contributed by atoms with van der Waals surface area (Å²) in [5.41, 5.74) is 16.0. The predicted molar refractivity (Wildman–Crippen MR) is 212 cm³/mol. The van der Waals surface area contributed by atoms with Crippen molar-refractivity contribution >= 4 is 21.3 Å². The van der Waals surface area contributed by atoms with Gasteiger partial charge in [0.2, 0.25) is 0 Å². The lowest BCUT2D eigenvalue weighted by molar-refractivity contribution is -0.00947. The van der Waals surface area contributed by atoms with Crippen molar-refractivity contribution in [1.82, 2.24) is 0 Å². The molecule has 6 rings (SSSR count). The molecule has 0 saturated heterocycles. The van der Waals surface area contributed by atoms with E-state index in [0.717, 1.165) is 23.3 Å². The molecule has 0 unspecified atom stereocenters. The molecule has 0 spiro atoms. The van der Waals surface area contributed by atoms with Crippen LogP contribution in [-0.2, 0) is 33.7 Å². The van der Waals surface area contributed by atoms with Crippen LogP contribution >= 0.6 is 0 Å². The van der Waals surface area contributed by atoms with Crippen LogP contribution in [0.2, 0.25) is 0 Å². The van der Waals surface area contributed by atoms with Crippen molar-refractivity contribution in [2.24, 2.45) is 0 Å². The zero-order valence-corrected chi connectivity index (χ0v) is 31.2. The van der Waals surface area contributed by atoms with E-state index in [9.17, 15) is 18.3 Å². The maximum atomic E-state index is 11.8. The van der Waals surface area contributed by atoms with E-state index in [0.29, 0.717) is 17.5 Å². The fourth-order valence-corrected chi connectivity index (χ4v) is 7.74. The summed E-state index contributed by atoms with van der Waals surface area (Å²) >= 11 is 0. The molecule has 0 fully saturated rings. The number of hydrogen-bond acceptors (Lipinski definition) is 6. The largest absolute Gasteiger partial charge is 0.497 e. The maximum absolute atomic E-state index is 11.8. The van der Waals surface area contributed by atoms with E-state index in [2.05, 4.69) is 86.2 Å². The molecule has 53 heavy (non-hydrogen) atoms. The second-order valence-electron chi connectivity index (χ2n) is 13.6. The average Bonchev–Trinajstić information content (AvgIpc) is 3.17. The minimum absolute atomic E-state index is 0. The summed E-state index contributed by atoms with van der Waals surface area (Å²) in [6.45, 7) is 6.80. The minimum Gasteiger partial charge on any atom is -0.497 e. The van der Waals surface area contributed by atoms with E-state index < -0.39 is 15.6 Å². The number of nitrogens with zero attached hydrogens (tertiary/aromatic N) is 2. The van der Waals surface area contributed by atoms with Gasteiger partial charge in [-0.05, 0) is 82.6 Å². The fourth-order valence-electron chi connectivity index (χ4n) is 6.75. The number of hydrogen-bond donors (Lipinski definition) is 1. The third-order valence-electron chi connectivity index (χ3n) is 10.1. The number of Topliss-reactive ketones (excluding diaryl/α,β-unsaturated/α-hetero) is 1. The van der Waals surface area contributed by atoms with Crippen molar-refractivity contribution in [2.45, 2.75) is 63.4 Å². The lowest BCUT2D eigenvalue weighted by Crippen LogP contribution is -2.26.